The van der Waals surface area contributed by atoms with Crippen molar-refractivity contribution in [2.75, 3.05) is 0 Å². The first-order chi connectivity index (χ1) is 13.2. The van der Waals surface area contributed by atoms with Crippen LogP contribution in [0.25, 0.3) is 10.9 Å². The smallest absolute Gasteiger partial charge is 0.281 e. The summed E-state index contributed by atoms with van der Waals surface area (Å²) in [5, 5.41) is 7.80. The van der Waals surface area contributed by atoms with Gasteiger partial charge in [-0.25, -0.2) is 5.43 Å². The fraction of sp³-hybridized carbons (Fsp3) is 0.0476. The molecule has 0 aliphatic heterocycles. The maximum atomic E-state index is 12.0. The highest BCUT2D eigenvalue weighted by Crippen LogP contribution is 2.23. The molecule has 2 heterocycles. The number of thiophene rings is 1. The number of hydrazone groups is 1. The van der Waals surface area contributed by atoms with E-state index in [0.717, 1.165) is 27.1 Å². The van der Waals surface area contributed by atoms with Crippen LogP contribution in [0.2, 0.25) is 5.02 Å². The van der Waals surface area contributed by atoms with E-state index in [1.807, 2.05) is 60.1 Å². The third-order valence-corrected chi connectivity index (χ3v) is 5.47. The summed E-state index contributed by atoms with van der Waals surface area (Å²) in [5.74, 6) is -0.207. The number of halogens is 1. The van der Waals surface area contributed by atoms with Crippen molar-refractivity contribution in [3.8, 4) is 0 Å². The molecule has 0 radical (unpaired) electrons. The van der Waals surface area contributed by atoms with E-state index >= 15 is 0 Å². The summed E-state index contributed by atoms with van der Waals surface area (Å²) in [4.78, 5) is 12.6. The lowest BCUT2D eigenvalue weighted by Gasteiger charge is -2.07. The van der Waals surface area contributed by atoms with Crippen LogP contribution < -0.4 is 5.43 Å². The molecule has 6 heteroatoms. The van der Waals surface area contributed by atoms with Crippen LogP contribution in [0.5, 0.6) is 0 Å². The average Bonchev–Trinajstić information content (AvgIpc) is 3.33. The number of aromatic nitrogens is 1. The van der Waals surface area contributed by atoms with Crippen molar-refractivity contribution in [3.63, 3.8) is 0 Å². The normalized spacial score (nSPS) is 11.3. The monoisotopic (exact) mass is 393 g/mol. The summed E-state index contributed by atoms with van der Waals surface area (Å²) in [7, 11) is 0. The number of hydrogen-bond acceptors (Lipinski definition) is 3. The Morgan fingerprint density at radius 2 is 1.93 bits per heavy atom. The summed E-state index contributed by atoms with van der Waals surface area (Å²) in [6.45, 7) is 0.662. The van der Waals surface area contributed by atoms with Crippen LogP contribution in [0.3, 0.4) is 0 Å². The van der Waals surface area contributed by atoms with Crippen LogP contribution >= 0.6 is 22.9 Å². The fourth-order valence-corrected chi connectivity index (χ4v) is 3.75. The Bertz CT molecular complexity index is 1120. The van der Waals surface area contributed by atoms with Crippen LogP contribution in [0.1, 0.15) is 20.8 Å². The van der Waals surface area contributed by atoms with Crippen molar-refractivity contribution in [1.29, 1.82) is 0 Å². The largest absolute Gasteiger partial charge is 0.342 e. The third kappa shape index (κ3) is 3.79. The van der Waals surface area contributed by atoms with E-state index < -0.39 is 0 Å². The zero-order valence-electron chi connectivity index (χ0n) is 14.3. The summed E-state index contributed by atoms with van der Waals surface area (Å²) in [6, 6.07) is 19.5. The van der Waals surface area contributed by atoms with Gasteiger partial charge in [0.15, 0.2) is 0 Å². The minimum Gasteiger partial charge on any atom is -0.342 e. The predicted octanol–water partition coefficient (Wildman–Crippen LogP) is 5.17. The molecule has 2 aromatic carbocycles. The van der Waals surface area contributed by atoms with Gasteiger partial charge in [0.25, 0.3) is 5.91 Å². The molecule has 27 heavy (non-hydrogen) atoms. The summed E-state index contributed by atoms with van der Waals surface area (Å²) in [6.07, 6.45) is 3.70. The Morgan fingerprint density at radius 3 is 2.74 bits per heavy atom. The van der Waals surface area contributed by atoms with E-state index in [0.29, 0.717) is 11.4 Å². The molecule has 0 atom stereocenters. The lowest BCUT2D eigenvalue weighted by atomic mass is 10.2. The molecule has 134 valence electrons. The van der Waals surface area contributed by atoms with Crippen molar-refractivity contribution >= 4 is 46.0 Å². The summed E-state index contributed by atoms with van der Waals surface area (Å²) in [5.41, 5.74) is 5.65. The lowest BCUT2D eigenvalue weighted by molar-refractivity contribution is 0.0959. The molecular weight excluding hydrogens is 378 g/mol. The molecule has 1 amide bonds. The Morgan fingerprint density at radius 1 is 1.11 bits per heavy atom. The van der Waals surface area contributed by atoms with Gasteiger partial charge in [0, 0.05) is 34.2 Å². The second-order valence-electron chi connectivity index (χ2n) is 6.00. The Kier molecular flexibility index (Phi) is 5.05. The maximum absolute atomic E-state index is 12.0. The molecule has 0 saturated carbocycles. The Labute approximate surface area is 165 Å². The van der Waals surface area contributed by atoms with E-state index in [9.17, 15) is 4.79 Å². The van der Waals surface area contributed by atoms with Gasteiger partial charge in [-0.3, -0.25) is 4.79 Å². The number of benzene rings is 2. The molecule has 4 aromatic rings. The molecule has 0 aliphatic carbocycles. The third-order valence-electron chi connectivity index (χ3n) is 4.23. The van der Waals surface area contributed by atoms with Crippen LogP contribution in [0.15, 0.2) is 77.3 Å². The number of para-hydroxylation sites is 1. The topological polar surface area (TPSA) is 46.4 Å². The van der Waals surface area contributed by atoms with Crippen LogP contribution in [-0.2, 0) is 6.54 Å². The quantitative estimate of drug-likeness (QED) is 0.369. The molecular formula is C21H16ClN3OS. The maximum Gasteiger partial charge on any atom is 0.281 e. The molecule has 1 N–H and O–H groups in total. The van der Waals surface area contributed by atoms with Crippen molar-refractivity contribution < 1.29 is 4.79 Å². The molecule has 0 bridgehead atoms. The standard InChI is InChI=1S/C21H16ClN3OS/c22-18-8-3-1-6-15(18)13-25-14-16(17-7-2-4-9-19(17)25)12-23-24-21(26)20-10-5-11-27-20/h1-12,14H,13H2,(H,24,26). The Balaban J connectivity index is 1.61. The predicted molar refractivity (Wildman–Crippen MR) is 112 cm³/mol. The number of nitrogens with one attached hydrogen (secondary N) is 1. The highest BCUT2D eigenvalue weighted by molar-refractivity contribution is 7.12. The van der Waals surface area contributed by atoms with Crippen molar-refractivity contribution in [2.24, 2.45) is 5.10 Å². The molecule has 4 nitrogen and oxygen atoms in total. The van der Waals surface area contributed by atoms with Crippen molar-refractivity contribution in [2.45, 2.75) is 6.54 Å². The zero-order chi connectivity index (χ0) is 18.6. The molecule has 0 fully saturated rings. The number of carbonyl (C=O) groups is 1. The van der Waals surface area contributed by atoms with Gasteiger partial charge in [0.2, 0.25) is 0 Å². The van der Waals surface area contributed by atoms with Crippen molar-refractivity contribution in [1.82, 2.24) is 9.99 Å². The number of nitrogens with zero attached hydrogens (tertiary/aromatic N) is 2. The number of fused-ring (bicyclic) bond motifs is 1. The average molecular weight is 394 g/mol. The van der Waals surface area contributed by atoms with Gasteiger partial charge in [-0.15, -0.1) is 11.3 Å². The van der Waals surface area contributed by atoms with Crippen molar-refractivity contribution in [3.05, 3.63) is 93.3 Å². The number of amides is 1. The van der Waals surface area contributed by atoms with Gasteiger partial charge in [-0.05, 0) is 29.1 Å². The van der Waals surface area contributed by atoms with Gasteiger partial charge in [-0.1, -0.05) is 54.1 Å². The van der Waals surface area contributed by atoms with E-state index in [1.54, 1.807) is 12.3 Å². The number of carbonyl (C=O) groups excluding carboxylic acids is 1. The molecule has 2 aromatic heterocycles. The number of hydrogen-bond donors (Lipinski definition) is 1. The van der Waals surface area contributed by atoms with E-state index in [1.165, 1.54) is 11.3 Å². The lowest BCUT2D eigenvalue weighted by Crippen LogP contribution is -2.16. The van der Waals surface area contributed by atoms with E-state index in [-0.39, 0.29) is 5.91 Å². The number of rotatable bonds is 5. The molecule has 0 unspecified atom stereocenters. The molecule has 0 saturated heterocycles. The SMILES string of the molecule is O=C(NN=Cc1cn(Cc2ccccc2Cl)c2ccccc12)c1cccs1. The first-order valence-electron chi connectivity index (χ1n) is 8.40. The Hall–Kier alpha value is -2.89. The van der Waals surface area contributed by atoms with Gasteiger partial charge >= 0.3 is 0 Å². The van der Waals surface area contributed by atoms with Gasteiger partial charge in [0.1, 0.15) is 0 Å². The second-order valence-corrected chi connectivity index (χ2v) is 7.35. The van der Waals surface area contributed by atoms with Crippen LogP contribution in [0.4, 0.5) is 0 Å². The van der Waals surface area contributed by atoms with E-state index in [4.69, 9.17) is 11.6 Å². The highest BCUT2D eigenvalue weighted by atomic mass is 35.5. The molecule has 0 aliphatic rings. The summed E-state index contributed by atoms with van der Waals surface area (Å²) >= 11 is 7.70. The van der Waals surface area contributed by atoms with Crippen LogP contribution in [0, 0.1) is 0 Å². The first-order valence-corrected chi connectivity index (χ1v) is 9.66. The highest BCUT2D eigenvalue weighted by Gasteiger charge is 2.09. The molecule has 4 rings (SSSR count). The minimum absolute atomic E-state index is 0.207. The fourth-order valence-electron chi connectivity index (χ4n) is 2.94. The zero-order valence-corrected chi connectivity index (χ0v) is 15.9. The minimum atomic E-state index is -0.207. The van der Waals surface area contributed by atoms with E-state index in [2.05, 4.69) is 21.2 Å². The molecule has 0 spiro atoms. The first kappa shape index (κ1) is 17.5. The van der Waals surface area contributed by atoms with Gasteiger partial charge < -0.3 is 4.57 Å². The van der Waals surface area contributed by atoms with Crippen LogP contribution in [-0.4, -0.2) is 16.7 Å². The van der Waals surface area contributed by atoms with Gasteiger partial charge in [-0.2, -0.15) is 5.10 Å². The summed E-state index contributed by atoms with van der Waals surface area (Å²) < 4.78 is 2.14. The second kappa shape index (κ2) is 7.78. The van der Waals surface area contributed by atoms with Gasteiger partial charge in [0.05, 0.1) is 11.1 Å².